The van der Waals surface area contributed by atoms with E-state index in [1.165, 1.54) is 22.5 Å². The molecule has 1 fully saturated rings. The number of para-hydroxylation sites is 1. The average molecular weight is 465 g/mol. The molecule has 0 unspecified atom stereocenters. The molecular formula is C25H24N2O5S. The number of ether oxygens (including phenoxy) is 2. The Labute approximate surface area is 193 Å². The molecule has 1 heterocycles. The number of hydrogen-bond acceptors (Lipinski definition) is 5. The first-order chi connectivity index (χ1) is 16.0. The van der Waals surface area contributed by atoms with Crippen LogP contribution < -0.4 is 10.1 Å². The summed E-state index contributed by atoms with van der Waals surface area (Å²) in [6, 6.07) is 22.9. The van der Waals surface area contributed by atoms with Crippen LogP contribution >= 0.6 is 0 Å². The lowest BCUT2D eigenvalue weighted by Crippen LogP contribution is -2.40. The van der Waals surface area contributed by atoms with Crippen molar-refractivity contribution in [2.24, 2.45) is 0 Å². The number of nitrogens with zero attached hydrogens (tertiary/aromatic N) is 1. The van der Waals surface area contributed by atoms with Crippen LogP contribution in [0.15, 0.2) is 89.8 Å². The normalized spacial score (nSPS) is 14.8. The van der Waals surface area contributed by atoms with Gasteiger partial charge in [-0.2, -0.15) is 4.31 Å². The van der Waals surface area contributed by atoms with Crippen molar-refractivity contribution < 1.29 is 22.7 Å². The second kappa shape index (κ2) is 10.4. The van der Waals surface area contributed by atoms with Gasteiger partial charge in [0.1, 0.15) is 5.75 Å². The summed E-state index contributed by atoms with van der Waals surface area (Å²) >= 11 is 0. The van der Waals surface area contributed by atoms with Crippen LogP contribution in [0.2, 0.25) is 0 Å². The summed E-state index contributed by atoms with van der Waals surface area (Å²) < 4.78 is 38.8. The Hall–Kier alpha value is -3.46. The number of nitrogens with one attached hydrogen (secondary N) is 1. The second-order valence-corrected chi connectivity index (χ2v) is 9.26. The Bertz CT molecular complexity index is 1220. The number of carbonyl (C=O) groups is 1. The van der Waals surface area contributed by atoms with Crippen molar-refractivity contribution in [3.63, 3.8) is 0 Å². The molecule has 0 aromatic heterocycles. The van der Waals surface area contributed by atoms with E-state index in [0.29, 0.717) is 24.7 Å². The van der Waals surface area contributed by atoms with Gasteiger partial charge in [-0.15, -0.1) is 0 Å². The number of rotatable bonds is 7. The summed E-state index contributed by atoms with van der Waals surface area (Å²) in [5, 5.41) is 2.76. The molecule has 0 atom stereocenters. The minimum Gasteiger partial charge on any atom is -0.455 e. The fraction of sp³-hybridized carbons (Fsp3) is 0.160. The number of sulfonamides is 1. The standard InChI is InChI=1S/C25H24N2O5S/c28-25(14-11-20-7-3-1-4-8-20)26-23-19-22(33(29,30)27-15-17-31-18-16-27)12-13-24(23)32-21-9-5-2-6-10-21/h1-14,19H,15-18H2,(H,26,28)/b14-11+. The highest BCUT2D eigenvalue weighted by Crippen LogP contribution is 2.33. The zero-order valence-corrected chi connectivity index (χ0v) is 18.7. The maximum absolute atomic E-state index is 13.1. The maximum Gasteiger partial charge on any atom is 0.248 e. The maximum atomic E-state index is 13.1. The van der Waals surface area contributed by atoms with Crippen LogP contribution in [0.5, 0.6) is 11.5 Å². The fourth-order valence-corrected chi connectivity index (χ4v) is 4.75. The summed E-state index contributed by atoms with van der Waals surface area (Å²) in [5.74, 6) is 0.498. The Morgan fingerprint density at radius 2 is 1.61 bits per heavy atom. The SMILES string of the molecule is O=C(/C=C/c1ccccc1)Nc1cc(S(=O)(=O)N2CCOCC2)ccc1Oc1ccccc1. The van der Waals surface area contributed by atoms with Crippen molar-refractivity contribution in [1.29, 1.82) is 0 Å². The van der Waals surface area contributed by atoms with E-state index in [1.807, 2.05) is 48.5 Å². The first-order valence-corrected chi connectivity index (χ1v) is 12.0. The second-order valence-electron chi connectivity index (χ2n) is 7.32. The molecule has 3 aromatic carbocycles. The molecule has 0 radical (unpaired) electrons. The molecule has 1 N–H and O–H groups in total. The summed E-state index contributed by atoms with van der Waals surface area (Å²) in [7, 11) is -3.74. The van der Waals surface area contributed by atoms with Crippen molar-refractivity contribution in [2.75, 3.05) is 31.6 Å². The van der Waals surface area contributed by atoms with Crippen LogP contribution in [0.3, 0.4) is 0 Å². The molecule has 1 saturated heterocycles. The van der Waals surface area contributed by atoms with E-state index in [0.717, 1.165) is 5.56 Å². The van der Waals surface area contributed by atoms with Gasteiger partial charge in [-0.25, -0.2) is 8.42 Å². The predicted octanol–water partition coefficient (Wildman–Crippen LogP) is 4.15. The van der Waals surface area contributed by atoms with Gasteiger partial charge in [0.2, 0.25) is 15.9 Å². The van der Waals surface area contributed by atoms with Crippen LogP contribution in [0, 0.1) is 0 Å². The Morgan fingerprint density at radius 1 is 0.939 bits per heavy atom. The lowest BCUT2D eigenvalue weighted by atomic mass is 10.2. The lowest BCUT2D eigenvalue weighted by molar-refractivity contribution is -0.111. The number of amides is 1. The van der Waals surface area contributed by atoms with E-state index in [2.05, 4.69) is 5.32 Å². The highest BCUT2D eigenvalue weighted by molar-refractivity contribution is 7.89. The van der Waals surface area contributed by atoms with Crippen molar-refractivity contribution >= 4 is 27.7 Å². The van der Waals surface area contributed by atoms with Crippen LogP contribution in [-0.4, -0.2) is 44.9 Å². The fourth-order valence-electron chi connectivity index (χ4n) is 3.32. The first kappa shape index (κ1) is 22.7. The molecule has 1 amide bonds. The van der Waals surface area contributed by atoms with Crippen molar-refractivity contribution in [3.05, 3.63) is 90.5 Å². The summed E-state index contributed by atoms with van der Waals surface area (Å²) in [5.41, 5.74) is 1.13. The summed E-state index contributed by atoms with van der Waals surface area (Å²) in [6.07, 6.45) is 3.08. The number of carbonyl (C=O) groups excluding carboxylic acids is 1. The molecule has 0 aliphatic carbocycles. The summed E-state index contributed by atoms with van der Waals surface area (Å²) in [6.45, 7) is 1.27. The zero-order valence-electron chi connectivity index (χ0n) is 17.9. The van der Waals surface area contributed by atoms with Crippen LogP contribution in [-0.2, 0) is 19.6 Å². The molecule has 1 aliphatic rings. The highest BCUT2D eigenvalue weighted by atomic mass is 32.2. The molecule has 8 heteroatoms. The molecule has 7 nitrogen and oxygen atoms in total. The van der Waals surface area contributed by atoms with E-state index in [4.69, 9.17) is 9.47 Å². The molecular weight excluding hydrogens is 440 g/mol. The van der Waals surface area contributed by atoms with Gasteiger partial charge in [0.15, 0.2) is 5.75 Å². The van der Waals surface area contributed by atoms with Gasteiger partial charge in [0.05, 0.1) is 23.8 Å². The lowest BCUT2D eigenvalue weighted by Gasteiger charge is -2.26. The topological polar surface area (TPSA) is 84.9 Å². The molecule has 0 bridgehead atoms. The number of hydrogen-bond donors (Lipinski definition) is 1. The molecule has 1 aliphatic heterocycles. The van der Waals surface area contributed by atoms with Gasteiger partial charge >= 0.3 is 0 Å². The third-order valence-corrected chi connectivity index (χ3v) is 6.91. The molecule has 0 saturated carbocycles. The van der Waals surface area contributed by atoms with E-state index in [9.17, 15) is 13.2 Å². The van der Waals surface area contributed by atoms with Crippen molar-refractivity contribution in [1.82, 2.24) is 4.31 Å². The monoisotopic (exact) mass is 464 g/mol. The smallest absolute Gasteiger partial charge is 0.248 e. The van der Waals surface area contributed by atoms with Gasteiger partial charge < -0.3 is 14.8 Å². The van der Waals surface area contributed by atoms with Gasteiger partial charge in [-0.3, -0.25) is 4.79 Å². The van der Waals surface area contributed by atoms with Gasteiger partial charge in [0, 0.05) is 19.2 Å². The Morgan fingerprint density at radius 3 is 2.30 bits per heavy atom. The number of morpholine rings is 1. The molecule has 3 aromatic rings. The highest BCUT2D eigenvalue weighted by Gasteiger charge is 2.27. The third-order valence-electron chi connectivity index (χ3n) is 5.01. The van der Waals surface area contributed by atoms with Crippen molar-refractivity contribution in [2.45, 2.75) is 4.90 Å². The van der Waals surface area contributed by atoms with E-state index in [-0.39, 0.29) is 23.7 Å². The van der Waals surface area contributed by atoms with Gasteiger partial charge in [-0.1, -0.05) is 48.5 Å². The van der Waals surface area contributed by atoms with Crippen molar-refractivity contribution in [3.8, 4) is 11.5 Å². The molecule has 4 rings (SSSR count). The van der Waals surface area contributed by atoms with Crippen LogP contribution in [0.4, 0.5) is 5.69 Å². The van der Waals surface area contributed by atoms with Gasteiger partial charge in [-0.05, 0) is 42.0 Å². The predicted molar refractivity (Wildman–Crippen MR) is 127 cm³/mol. The Balaban J connectivity index is 1.62. The molecule has 170 valence electrons. The van der Waals surface area contributed by atoms with E-state index < -0.39 is 15.9 Å². The molecule has 33 heavy (non-hydrogen) atoms. The number of anilines is 1. The number of benzene rings is 3. The minimum atomic E-state index is -3.74. The zero-order chi connectivity index (χ0) is 23.1. The average Bonchev–Trinajstić information content (AvgIpc) is 2.85. The van der Waals surface area contributed by atoms with Gasteiger partial charge in [0.25, 0.3) is 0 Å². The summed E-state index contributed by atoms with van der Waals surface area (Å²) in [4.78, 5) is 12.7. The largest absolute Gasteiger partial charge is 0.455 e. The minimum absolute atomic E-state index is 0.0761. The van der Waals surface area contributed by atoms with Crippen LogP contribution in [0.25, 0.3) is 6.08 Å². The Kier molecular flexibility index (Phi) is 7.19. The molecule has 0 spiro atoms. The van der Waals surface area contributed by atoms with E-state index >= 15 is 0 Å². The first-order valence-electron chi connectivity index (χ1n) is 10.5. The van der Waals surface area contributed by atoms with E-state index in [1.54, 1.807) is 24.3 Å². The third kappa shape index (κ3) is 5.87. The quantitative estimate of drug-likeness (QED) is 0.531. The van der Waals surface area contributed by atoms with Crippen LogP contribution in [0.1, 0.15) is 5.56 Å².